The van der Waals surface area contributed by atoms with E-state index in [4.69, 9.17) is 18.4 Å². The fourth-order valence-electron chi connectivity index (χ4n) is 2.73. The van der Waals surface area contributed by atoms with Gasteiger partial charge in [-0.2, -0.15) is 4.98 Å². The van der Waals surface area contributed by atoms with E-state index in [0.29, 0.717) is 29.2 Å². The maximum Gasteiger partial charge on any atom is 0.349 e. The Hall–Kier alpha value is -3.61. The smallest absolute Gasteiger partial charge is 0.349 e. The summed E-state index contributed by atoms with van der Waals surface area (Å²) in [6, 6.07) is 14.3. The predicted octanol–water partition coefficient (Wildman–Crippen LogP) is 3.92. The summed E-state index contributed by atoms with van der Waals surface area (Å²) < 4.78 is 21.4. The van der Waals surface area contributed by atoms with E-state index in [1.807, 2.05) is 31.2 Å². The summed E-state index contributed by atoms with van der Waals surface area (Å²) >= 11 is 0. The van der Waals surface area contributed by atoms with Gasteiger partial charge in [-0.05, 0) is 43.3 Å². The highest BCUT2D eigenvalue weighted by atomic mass is 16.5. The quantitative estimate of drug-likeness (QED) is 0.496. The van der Waals surface area contributed by atoms with Gasteiger partial charge in [0.15, 0.2) is 11.3 Å². The van der Waals surface area contributed by atoms with Crippen LogP contribution in [0.2, 0.25) is 0 Å². The molecule has 0 unspecified atom stereocenters. The van der Waals surface area contributed by atoms with Crippen molar-refractivity contribution in [2.24, 2.45) is 0 Å². The number of fused-ring (bicyclic) bond motifs is 1. The Bertz CT molecular complexity index is 1150. The van der Waals surface area contributed by atoms with E-state index in [0.717, 1.165) is 11.3 Å². The molecular formula is C20H16N2O5. The fraction of sp³-hybridized carbons (Fsp3) is 0.150. The minimum Gasteiger partial charge on any atom is -0.497 e. The number of aromatic nitrogens is 2. The zero-order valence-electron chi connectivity index (χ0n) is 14.8. The van der Waals surface area contributed by atoms with Crippen molar-refractivity contribution in [1.29, 1.82) is 0 Å². The van der Waals surface area contributed by atoms with Gasteiger partial charge in [0.2, 0.25) is 5.82 Å². The summed E-state index contributed by atoms with van der Waals surface area (Å²) in [5.41, 5.74) is 0.764. The normalized spacial score (nSPS) is 10.9. The van der Waals surface area contributed by atoms with E-state index in [9.17, 15) is 4.79 Å². The minimum atomic E-state index is -0.570. The lowest BCUT2D eigenvalue weighted by molar-refractivity contribution is 0.337. The molecule has 0 saturated heterocycles. The topological polar surface area (TPSA) is 87.6 Å². The van der Waals surface area contributed by atoms with Crippen LogP contribution >= 0.6 is 0 Å². The molecule has 7 nitrogen and oxygen atoms in total. The van der Waals surface area contributed by atoms with Crippen molar-refractivity contribution >= 4 is 11.0 Å². The van der Waals surface area contributed by atoms with Crippen LogP contribution in [0.25, 0.3) is 33.8 Å². The molecule has 0 radical (unpaired) electrons. The third kappa shape index (κ3) is 3.15. The molecule has 2 aromatic heterocycles. The van der Waals surface area contributed by atoms with Crippen LogP contribution in [-0.2, 0) is 0 Å². The van der Waals surface area contributed by atoms with Crippen LogP contribution in [0.3, 0.4) is 0 Å². The molecule has 0 saturated carbocycles. The molecule has 4 rings (SSSR count). The van der Waals surface area contributed by atoms with E-state index in [1.165, 1.54) is 0 Å². The Morgan fingerprint density at radius 3 is 2.67 bits per heavy atom. The van der Waals surface area contributed by atoms with E-state index in [2.05, 4.69) is 10.1 Å². The second kappa shape index (κ2) is 6.95. The Kier molecular flexibility index (Phi) is 4.33. The number of methoxy groups -OCH3 is 1. The second-order valence-corrected chi connectivity index (χ2v) is 5.71. The number of para-hydroxylation sites is 1. The number of rotatable bonds is 5. The van der Waals surface area contributed by atoms with Crippen molar-refractivity contribution in [2.75, 3.05) is 13.7 Å². The molecule has 4 aromatic rings. The lowest BCUT2D eigenvalue weighted by Gasteiger charge is -2.05. The summed E-state index contributed by atoms with van der Waals surface area (Å²) in [6.07, 6.45) is 0. The van der Waals surface area contributed by atoms with Crippen molar-refractivity contribution < 1.29 is 18.4 Å². The molecular weight excluding hydrogens is 348 g/mol. The molecule has 0 N–H and O–H groups in total. The maximum atomic E-state index is 12.5. The van der Waals surface area contributed by atoms with Crippen molar-refractivity contribution in [3.63, 3.8) is 0 Å². The molecule has 136 valence electrons. The third-order valence-electron chi connectivity index (χ3n) is 4.03. The van der Waals surface area contributed by atoms with Gasteiger partial charge < -0.3 is 18.4 Å². The zero-order chi connectivity index (χ0) is 18.8. The summed E-state index contributed by atoms with van der Waals surface area (Å²) in [5.74, 6) is 1.71. The van der Waals surface area contributed by atoms with Crippen LogP contribution in [0.1, 0.15) is 6.92 Å². The first-order valence-corrected chi connectivity index (χ1v) is 8.37. The van der Waals surface area contributed by atoms with Gasteiger partial charge >= 0.3 is 5.63 Å². The summed E-state index contributed by atoms with van der Waals surface area (Å²) in [7, 11) is 1.59. The average Bonchev–Trinajstić information content (AvgIpc) is 3.18. The number of ether oxygens (including phenoxy) is 2. The SMILES string of the molecule is CCOc1cccc2cc(-c3nc(-c4ccc(OC)cc4)no3)c(=O)oc12. The largest absolute Gasteiger partial charge is 0.497 e. The number of nitrogens with zero attached hydrogens (tertiary/aromatic N) is 2. The van der Waals surface area contributed by atoms with Gasteiger partial charge in [-0.25, -0.2) is 4.79 Å². The maximum absolute atomic E-state index is 12.5. The first kappa shape index (κ1) is 16.8. The van der Waals surface area contributed by atoms with Crippen LogP contribution in [0.15, 0.2) is 62.3 Å². The van der Waals surface area contributed by atoms with Crippen LogP contribution in [0.5, 0.6) is 11.5 Å². The van der Waals surface area contributed by atoms with Gasteiger partial charge in [0.25, 0.3) is 5.89 Å². The fourth-order valence-corrected chi connectivity index (χ4v) is 2.73. The summed E-state index contributed by atoms with van der Waals surface area (Å²) in [4.78, 5) is 16.8. The molecule has 7 heteroatoms. The van der Waals surface area contributed by atoms with Crippen LogP contribution in [-0.4, -0.2) is 23.9 Å². The molecule has 0 atom stereocenters. The molecule has 0 spiro atoms. The molecule has 0 aliphatic carbocycles. The Balaban J connectivity index is 1.75. The average molecular weight is 364 g/mol. The van der Waals surface area contributed by atoms with Gasteiger partial charge in [0.05, 0.1) is 13.7 Å². The molecule has 0 aliphatic heterocycles. The van der Waals surface area contributed by atoms with Crippen LogP contribution < -0.4 is 15.1 Å². The van der Waals surface area contributed by atoms with Crippen LogP contribution in [0, 0.1) is 0 Å². The Labute approximate surface area is 154 Å². The van der Waals surface area contributed by atoms with Gasteiger partial charge in [-0.3, -0.25) is 0 Å². The van der Waals surface area contributed by atoms with Gasteiger partial charge in [0.1, 0.15) is 11.3 Å². The lowest BCUT2D eigenvalue weighted by Crippen LogP contribution is -2.04. The highest BCUT2D eigenvalue weighted by molar-refractivity contribution is 5.85. The zero-order valence-corrected chi connectivity index (χ0v) is 14.8. The predicted molar refractivity (Wildman–Crippen MR) is 98.9 cm³/mol. The standard InChI is InChI=1S/C20H16N2O5/c1-3-25-16-6-4-5-13-11-15(20(23)26-17(13)16)19-21-18(22-27-19)12-7-9-14(24-2)10-8-12/h4-11H,3H2,1-2H3. The second-order valence-electron chi connectivity index (χ2n) is 5.71. The molecule has 27 heavy (non-hydrogen) atoms. The first-order valence-electron chi connectivity index (χ1n) is 8.37. The monoisotopic (exact) mass is 364 g/mol. The number of hydrogen-bond donors (Lipinski definition) is 0. The molecule has 0 aliphatic rings. The summed E-state index contributed by atoms with van der Waals surface area (Å²) in [6.45, 7) is 2.34. The Morgan fingerprint density at radius 1 is 1.11 bits per heavy atom. The van der Waals surface area contributed by atoms with E-state index in [-0.39, 0.29) is 11.5 Å². The van der Waals surface area contributed by atoms with Gasteiger partial charge in [0, 0.05) is 10.9 Å². The molecule has 0 fully saturated rings. The lowest BCUT2D eigenvalue weighted by atomic mass is 10.1. The van der Waals surface area contributed by atoms with Gasteiger partial charge in [-0.1, -0.05) is 17.3 Å². The molecule has 0 bridgehead atoms. The van der Waals surface area contributed by atoms with Crippen molar-refractivity contribution in [3.8, 4) is 34.3 Å². The van der Waals surface area contributed by atoms with Crippen molar-refractivity contribution in [2.45, 2.75) is 6.92 Å². The van der Waals surface area contributed by atoms with E-state index < -0.39 is 5.63 Å². The number of benzene rings is 2. The van der Waals surface area contributed by atoms with Crippen molar-refractivity contribution in [1.82, 2.24) is 10.1 Å². The molecule has 0 amide bonds. The first-order chi connectivity index (χ1) is 13.2. The molecule has 2 aromatic carbocycles. The van der Waals surface area contributed by atoms with Crippen molar-refractivity contribution in [3.05, 3.63) is 59.0 Å². The number of hydrogen-bond acceptors (Lipinski definition) is 7. The highest BCUT2D eigenvalue weighted by Gasteiger charge is 2.17. The summed E-state index contributed by atoms with van der Waals surface area (Å²) in [5, 5.41) is 4.66. The van der Waals surface area contributed by atoms with Crippen LogP contribution in [0.4, 0.5) is 0 Å². The third-order valence-corrected chi connectivity index (χ3v) is 4.03. The molecule has 2 heterocycles. The Morgan fingerprint density at radius 2 is 1.93 bits per heavy atom. The van der Waals surface area contributed by atoms with E-state index in [1.54, 1.807) is 31.4 Å². The highest BCUT2D eigenvalue weighted by Crippen LogP contribution is 2.28. The van der Waals surface area contributed by atoms with Gasteiger partial charge in [-0.15, -0.1) is 0 Å². The minimum absolute atomic E-state index is 0.0956. The van der Waals surface area contributed by atoms with E-state index >= 15 is 0 Å².